The fraction of sp³-hybridized carbons (Fsp3) is 0.632. The molecule has 1 aromatic carbocycles. The lowest BCUT2D eigenvalue weighted by molar-refractivity contribution is 0.00321. The Morgan fingerprint density at radius 1 is 1.27 bits per heavy atom. The second kappa shape index (κ2) is 6.81. The summed E-state index contributed by atoms with van der Waals surface area (Å²) in [5, 5.41) is 9.07. The van der Waals surface area contributed by atoms with Crippen molar-refractivity contribution in [1.29, 1.82) is 5.26 Å². The Bertz CT molecular complexity index is 542. The van der Waals surface area contributed by atoms with Gasteiger partial charge in [-0.3, -0.25) is 9.80 Å². The summed E-state index contributed by atoms with van der Waals surface area (Å²) in [5.41, 5.74) is 2.04. The van der Waals surface area contributed by atoms with E-state index in [1.807, 2.05) is 18.2 Å². The number of nitrogens with zero attached hydrogens (tertiary/aromatic N) is 3. The van der Waals surface area contributed by atoms with Crippen LogP contribution in [0.25, 0.3) is 0 Å². The lowest BCUT2D eigenvalue weighted by atomic mass is 9.89. The largest absolute Gasteiger partial charge is 0.298 e. The van der Waals surface area contributed by atoms with Crippen LogP contribution in [0.2, 0.25) is 0 Å². The van der Waals surface area contributed by atoms with Crippen LogP contribution in [0, 0.1) is 17.2 Å². The van der Waals surface area contributed by atoms with Crippen molar-refractivity contribution in [2.45, 2.75) is 51.7 Å². The molecular weight excluding hydrogens is 270 g/mol. The molecule has 0 aromatic heterocycles. The van der Waals surface area contributed by atoms with Crippen molar-refractivity contribution in [1.82, 2.24) is 9.80 Å². The summed E-state index contributed by atoms with van der Waals surface area (Å²) in [7, 11) is 0. The van der Waals surface area contributed by atoms with E-state index in [-0.39, 0.29) is 0 Å². The smallest absolute Gasteiger partial charge is 0.0991 e. The second-order valence-corrected chi connectivity index (χ2v) is 7.17. The first-order valence-corrected chi connectivity index (χ1v) is 8.64. The van der Waals surface area contributed by atoms with Gasteiger partial charge >= 0.3 is 0 Å². The fourth-order valence-corrected chi connectivity index (χ4v) is 3.76. The minimum atomic E-state index is 0.625. The average molecular weight is 297 g/mol. The molecule has 118 valence electrons. The van der Waals surface area contributed by atoms with Crippen molar-refractivity contribution < 1.29 is 0 Å². The van der Waals surface area contributed by atoms with Gasteiger partial charge in [0.1, 0.15) is 0 Å². The van der Waals surface area contributed by atoms with Gasteiger partial charge in [-0.1, -0.05) is 32.4 Å². The third-order valence-corrected chi connectivity index (χ3v) is 5.37. The van der Waals surface area contributed by atoms with Gasteiger partial charge in [-0.15, -0.1) is 0 Å². The Labute approximate surface area is 134 Å². The van der Waals surface area contributed by atoms with Crippen molar-refractivity contribution in [2.75, 3.05) is 19.6 Å². The lowest BCUT2D eigenvalue weighted by Crippen LogP contribution is -2.58. The van der Waals surface area contributed by atoms with Crippen LogP contribution in [-0.2, 0) is 6.54 Å². The van der Waals surface area contributed by atoms with E-state index < -0.39 is 0 Å². The van der Waals surface area contributed by atoms with E-state index in [4.69, 9.17) is 5.26 Å². The van der Waals surface area contributed by atoms with Gasteiger partial charge in [0.05, 0.1) is 11.6 Å². The van der Waals surface area contributed by atoms with E-state index in [0.29, 0.717) is 12.0 Å². The van der Waals surface area contributed by atoms with E-state index in [1.54, 1.807) is 0 Å². The van der Waals surface area contributed by atoms with Gasteiger partial charge in [0.15, 0.2) is 0 Å². The number of piperazine rings is 1. The van der Waals surface area contributed by atoms with E-state index in [1.165, 1.54) is 37.9 Å². The van der Waals surface area contributed by atoms with Gasteiger partial charge in [-0.2, -0.15) is 5.26 Å². The maximum Gasteiger partial charge on any atom is 0.0991 e. The predicted octanol–water partition coefficient (Wildman–Crippen LogP) is 3.25. The molecule has 0 amide bonds. The zero-order valence-electron chi connectivity index (χ0n) is 13.8. The van der Waals surface area contributed by atoms with Gasteiger partial charge < -0.3 is 0 Å². The van der Waals surface area contributed by atoms with E-state index >= 15 is 0 Å². The average Bonchev–Trinajstić information content (AvgIpc) is 2.47. The first-order valence-electron chi connectivity index (χ1n) is 8.64. The van der Waals surface area contributed by atoms with Crippen LogP contribution in [0.15, 0.2) is 24.3 Å². The summed E-state index contributed by atoms with van der Waals surface area (Å²) >= 11 is 0. The zero-order chi connectivity index (χ0) is 15.5. The van der Waals surface area contributed by atoms with Gasteiger partial charge in [0.2, 0.25) is 0 Å². The van der Waals surface area contributed by atoms with Gasteiger partial charge in [0.25, 0.3) is 0 Å². The van der Waals surface area contributed by atoms with Crippen LogP contribution in [-0.4, -0.2) is 41.5 Å². The molecule has 0 N–H and O–H groups in total. The highest BCUT2D eigenvalue weighted by Crippen LogP contribution is 2.29. The minimum absolute atomic E-state index is 0.625. The van der Waals surface area contributed by atoms with Gasteiger partial charge in [-0.05, 0) is 36.5 Å². The van der Waals surface area contributed by atoms with Crippen LogP contribution >= 0.6 is 0 Å². The van der Waals surface area contributed by atoms with Crippen molar-refractivity contribution in [3.05, 3.63) is 35.4 Å². The summed E-state index contributed by atoms with van der Waals surface area (Å²) in [4.78, 5) is 5.34. The number of hydrogen-bond donors (Lipinski definition) is 0. The monoisotopic (exact) mass is 297 g/mol. The molecule has 3 heteroatoms. The van der Waals surface area contributed by atoms with Crippen LogP contribution < -0.4 is 0 Å². The minimum Gasteiger partial charge on any atom is -0.298 e. The highest BCUT2D eigenvalue weighted by atomic mass is 15.3. The molecule has 1 heterocycles. The van der Waals surface area contributed by atoms with Crippen molar-refractivity contribution in [2.24, 2.45) is 5.92 Å². The standard InChI is InChI=1S/C19H27N3/c1-15(2)19-14-21(18-7-4-8-18)9-10-22(19)13-17-6-3-5-16(11-17)12-20/h3,5-6,11,15,18-19H,4,7-10,13-14H2,1-2H3. The van der Waals surface area contributed by atoms with Crippen molar-refractivity contribution in [3.63, 3.8) is 0 Å². The molecule has 0 spiro atoms. The predicted molar refractivity (Wildman–Crippen MR) is 89.4 cm³/mol. The van der Waals surface area contributed by atoms with Crippen LogP contribution in [0.1, 0.15) is 44.2 Å². The molecule has 1 saturated carbocycles. The number of benzene rings is 1. The first kappa shape index (κ1) is 15.5. The summed E-state index contributed by atoms with van der Waals surface area (Å²) in [6.45, 7) is 9.21. The highest BCUT2D eigenvalue weighted by molar-refractivity contribution is 5.32. The zero-order valence-corrected chi connectivity index (χ0v) is 13.8. The molecule has 3 nitrogen and oxygen atoms in total. The van der Waals surface area contributed by atoms with Crippen LogP contribution in [0.3, 0.4) is 0 Å². The Hall–Kier alpha value is -1.37. The molecule has 0 radical (unpaired) electrons. The maximum atomic E-state index is 9.07. The molecular formula is C19H27N3. The molecule has 2 fully saturated rings. The number of hydrogen-bond acceptors (Lipinski definition) is 3. The molecule has 1 saturated heterocycles. The molecule has 22 heavy (non-hydrogen) atoms. The maximum absolute atomic E-state index is 9.07. The third-order valence-electron chi connectivity index (χ3n) is 5.37. The lowest BCUT2D eigenvalue weighted by Gasteiger charge is -2.48. The molecule has 1 aromatic rings. The Morgan fingerprint density at radius 2 is 2.09 bits per heavy atom. The Kier molecular flexibility index (Phi) is 4.81. The van der Waals surface area contributed by atoms with Crippen LogP contribution in [0.5, 0.6) is 0 Å². The van der Waals surface area contributed by atoms with E-state index in [9.17, 15) is 0 Å². The van der Waals surface area contributed by atoms with Gasteiger partial charge in [-0.25, -0.2) is 0 Å². The topological polar surface area (TPSA) is 30.3 Å². The molecule has 2 aliphatic rings. The van der Waals surface area contributed by atoms with Crippen molar-refractivity contribution in [3.8, 4) is 6.07 Å². The number of nitriles is 1. The van der Waals surface area contributed by atoms with E-state index in [2.05, 4.69) is 35.8 Å². The fourth-order valence-electron chi connectivity index (χ4n) is 3.76. The molecule has 1 atom stereocenters. The van der Waals surface area contributed by atoms with Crippen LogP contribution in [0.4, 0.5) is 0 Å². The Balaban J connectivity index is 1.68. The number of rotatable bonds is 4. The quantitative estimate of drug-likeness (QED) is 0.854. The first-order chi connectivity index (χ1) is 10.7. The van der Waals surface area contributed by atoms with E-state index in [0.717, 1.165) is 24.7 Å². The van der Waals surface area contributed by atoms with Gasteiger partial charge in [0, 0.05) is 38.3 Å². The molecule has 1 unspecified atom stereocenters. The third kappa shape index (κ3) is 3.34. The summed E-state index contributed by atoms with van der Waals surface area (Å²) in [5.74, 6) is 0.669. The van der Waals surface area contributed by atoms with Crippen molar-refractivity contribution >= 4 is 0 Å². The molecule has 3 rings (SSSR count). The normalized spacial score (nSPS) is 24.2. The molecule has 1 aliphatic heterocycles. The summed E-state index contributed by atoms with van der Waals surface area (Å²) < 4.78 is 0. The molecule has 1 aliphatic carbocycles. The second-order valence-electron chi connectivity index (χ2n) is 7.17. The summed E-state index contributed by atoms with van der Waals surface area (Å²) in [6, 6.07) is 11.8. The highest BCUT2D eigenvalue weighted by Gasteiger charge is 2.34. The SMILES string of the molecule is CC(C)C1CN(C2CCC2)CCN1Cc1cccc(C#N)c1. The molecule has 0 bridgehead atoms. The summed E-state index contributed by atoms with van der Waals surface area (Å²) in [6.07, 6.45) is 4.21. The Morgan fingerprint density at radius 3 is 2.73 bits per heavy atom.